The molecule has 2 aliphatic heterocycles. The maximum absolute atomic E-state index is 4.70. The Hall–Kier alpha value is -2.10. The van der Waals surface area contributed by atoms with Crippen LogP contribution >= 0.6 is 0 Å². The molecule has 2 aromatic rings. The number of anilines is 3. The highest BCUT2D eigenvalue weighted by molar-refractivity contribution is 5.83. The number of aromatic nitrogens is 2. The summed E-state index contributed by atoms with van der Waals surface area (Å²) < 4.78 is 0. The quantitative estimate of drug-likeness (QED) is 0.808. The summed E-state index contributed by atoms with van der Waals surface area (Å²) in [7, 11) is 2.20. The summed E-state index contributed by atoms with van der Waals surface area (Å²) in [5.41, 5.74) is 5.13. The second-order valence-electron chi connectivity index (χ2n) is 7.68. The van der Waals surface area contributed by atoms with E-state index in [1.54, 1.807) is 5.56 Å². The Morgan fingerprint density at radius 2 is 2.00 bits per heavy atom. The van der Waals surface area contributed by atoms with Crippen molar-refractivity contribution in [1.82, 2.24) is 9.97 Å². The van der Waals surface area contributed by atoms with Crippen molar-refractivity contribution < 1.29 is 0 Å². The molecule has 3 unspecified atom stereocenters. The van der Waals surface area contributed by atoms with Crippen LogP contribution in [-0.4, -0.2) is 23.2 Å². The molecular formula is C19H20N4. The van der Waals surface area contributed by atoms with Crippen LogP contribution in [0.5, 0.6) is 0 Å². The first-order valence-electron chi connectivity index (χ1n) is 8.68. The van der Waals surface area contributed by atoms with E-state index in [9.17, 15) is 0 Å². The SMILES string of the molecule is CCC12CCC13Cc1ccc(c3c1)N1c3nccnc3N(C)C12. The standard InChI is InChI=1S/C19H20N4/c1-3-18-6-7-19(18)11-12-4-5-14(13(19)10-12)23-16-15(20-8-9-21-16)22(2)17(18)23/h4-5,8-10,17H,3,6-7,11H2,1-2H3. The maximum atomic E-state index is 4.70. The first-order valence-corrected chi connectivity index (χ1v) is 8.68. The highest BCUT2D eigenvalue weighted by Gasteiger charge is 2.70. The monoisotopic (exact) mass is 304 g/mol. The number of nitrogens with zero attached hydrogens (tertiary/aromatic N) is 4. The Morgan fingerprint density at radius 1 is 1.17 bits per heavy atom. The maximum Gasteiger partial charge on any atom is 0.178 e. The van der Waals surface area contributed by atoms with E-state index in [1.807, 2.05) is 12.4 Å². The number of benzene rings is 1. The predicted molar refractivity (Wildman–Crippen MR) is 90.1 cm³/mol. The summed E-state index contributed by atoms with van der Waals surface area (Å²) >= 11 is 0. The average molecular weight is 304 g/mol. The molecule has 1 spiro atoms. The predicted octanol–water partition coefficient (Wildman–Crippen LogP) is 3.39. The van der Waals surface area contributed by atoms with Gasteiger partial charge in [-0.3, -0.25) is 0 Å². The van der Waals surface area contributed by atoms with Gasteiger partial charge in [-0.1, -0.05) is 19.1 Å². The average Bonchev–Trinajstić information content (AvgIpc) is 3.05. The molecule has 0 amide bonds. The van der Waals surface area contributed by atoms with Crippen LogP contribution < -0.4 is 9.80 Å². The van der Waals surface area contributed by atoms with Gasteiger partial charge in [-0.2, -0.15) is 0 Å². The molecule has 1 aromatic carbocycles. The van der Waals surface area contributed by atoms with E-state index in [0.29, 0.717) is 17.0 Å². The topological polar surface area (TPSA) is 32.3 Å². The lowest BCUT2D eigenvalue weighted by molar-refractivity contribution is -0.0397. The third-order valence-corrected chi connectivity index (χ3v) is 7.25. The highest BCUT2D eigenvalue weighted by atomic mass is 15.5. The lowest BCUT2D eigenvalue weighted by Gasteiger charge is -2.66. The number of fused-ring (bicyclic) bond motifs is 6. The molecule has 4 nitrogen and oxygen atoms in total. The van der Waals surface area contributed by atoms with E-state index in [1.165, 1.54) is 36.9 Å². The molecule has 4 heteroatoms. The molecule has 3 atom stereocenters. The van der Waals surface area contributed by atoms with Gasteiger partial charge >= 0.3 is 0 Å². The van der Waals surface area contributed by atoms with E-state index >= 15 is 0 Å². The Bertz CT molecular complexity index is 858. The third-order valence-electron chi connectivity index (χ3n) is 7.25. The number of hydrogen-bond donors (Lipinski definition) is 0. The van der Waals surface area contributed by atoms with Gasteiger partial charge in [0.05, 0.1) is 0 Å². The van der Waals surface area contributed by atoms with Crippen LogP contribution in [0.15, 0.2) is 30.6 Å². The normalized spacial score (nSPS) is 34.8. The van der Waals surface area contributed by atoms with Crippen LogP contribution in [0, 0.1) is 5.41 Å². The Kier molecular flexibility index (Phi) is 1.89. The minimum absolute atomic E-state index is 0.313. The molecule has 4 aliphatic rings. The van der Waals surface area contributed by atoms with Crippen molar-refractivity contribution in [2.75, 3.05) is 16.8 Å². The Balaban J connectivity index is 1.71. The van der Waals surface area contributed by atoms with Crippen LogP contribution in [0.1, 0.15) is 37.3 Å². The van der Waals surface area contributed by atoms with E-state index in [4.69, 9.17) is 4.98 Å². The molecule has 0 saturated heterocycles. The third kappa shape index (κ3) is 1.05. The lowest BCUT2D eigenvalue weighted by atomic mass is 9.43. The first-order chi connectivity index (χ1) is 11.2. The summed E-state index contributed by atoms with van der Waals surface area (Å²) in [4.78, 5) is 14.2. The minimum Gasteiger partial charge on any atom is -0.335 e. The molecule has 116 valence electrons. The minimum atomic E-state index is 0.313. The molecule has 2 aliphatic carbocycles. The summed E-state index contributed by atoms with van der Waals surface area (Å²) in [6, 6.07) is 7.11. The van der Waals surface area contributed by atoms with Crippen molar-refractivity contribution in [3.63, 3.8) is 0 Å². The van der Waals surface area contributed by atoms with Crippen molar-refractivity contribution in [3.8, 4) is 0 Å². The largest absolute Gasteiger partial charge is 0.335 e. The lowest BCUT2D eigenvalue weighted by Crippen LogP contribution is -2.69. The summed E-state index contributed by atoms with van der Waals surface area (Å²) in [5.74, 6) is 2.06. The van der Waals surface area contributed by atoms with Crippen LogP contribution in [-0.2, 0) is 11.8 Å². The second kappa shape index (κ2) is 3.53. The molecule has 1 aromatic heterocycles. The molecule has 2 bridgehead atoms. The van der Waals surface area contributed by atoms with Crippen LogP contribution in [0.4, 0.5) is 17.3 Å². The zero-order valence-electron chi connectivity index (χ0n) is 13.6. The molecule has 0 N–H and O–H groups in total. The summed E-state index contributed by atoms with van der Waals surface area (Å²) in [6.07, 6.45) is 9.07. The number of hydrogen-bond acceptors (Lipinski definition) is 4. The van der Waals surface area contributed by atoms with Crippen LogP contribution in [0.2, 0.25) is 0 Å². The smallest absolute Gasteiger partial charge is 0.178 e. The van der Waals surface area contributed by atoms with Gasteiger partial charge in [-0.05, 0) is 42.9 Å². The van der Waals surface area contributed by atoms with Gasteiger partial charge in [0.1, 0.15) is 6.17 Å². The van der Waals surface area contributed by atoms with Gasteiger partial charge in [0.2, 0.25) is 0 Å². The highest BCUT2D eigenvalue weighted by Crippen LogP contribution is 2.72. The zero-order chi connectivity index (χ0) is 15.4. The van der Waals surface area contributed by atoms with Crippen molar-refractivity contribution in [1.29, 1.82) is 0 Å². The summed E-state index contributed by atoms with van der Waals surface area (Å²) in [5, 5.41) is 0. The van der Waals surface area contributed by atoms with E-state index in [-0.39, 0.29) is 0 Å². The first kappa shape index (κ1) is 12.3. The van der Waals surface area contributed by atoms with Crippen molar-refractivity contribution in [2.24, 2.45) is 5.41 Å². The van der Waals surface area contributed by atoms with E-state index in [2.05, 4.69) is 47.0 Å². The van der Waals surface area contributed by atoms with Crippen molar-refractivity contribution in [2.45, 2.75) is 44.2 Å². The number of rotatable bonds is 1. The van der Waals surface area contributed by atoms with E-state index < -0.39 is 0 Å². The zero-order valence-corrected chi connectivity index (χ0v) is 13.6. The molecule has 23 heavy (non-hydrogen) atoms. The van der Waals surface area contributed by atoms with Gasteiger partial charge in [-0.25, -0.2) is 9.97 Å². The van der Waals surface area contributed by atoms with Gasteiger partial charge in [0.15, 0.2) is 11.6 Å². The fraction of sp³-hybridized carbons (Fsp3) is 0.474. The van der Waals surface area contributed by atoms with Gasteiger partial charge in [0.25, 0.3) is 0 Å². The molecule has 0 radical (unpaired) electrons. The van der Waals surface area contributed by atoms with Gasteiger partial charge in [0, 0.05) is 36.0 Å². The molecule has 6 rings (SSSR count). The molecular weight excluding hydrogens is 284 g/mol. The fourth-order valence-electron chi connectivity index (χ4n) is 6.23. The van der Waals surface area contributed by atoms with Crippen molar-refractivity contribution in [3.05, 3.63) is 41.7 Å². The van der Waals surface area contributed by atoms with Gasteiger partial charge < -0.3 is 9.80 Å². The molecule has 1 fully saturated rings. The molecule has 1 saturated carbocycles. The van der Waals surface area contributed by atoms with Crippen LogP contribution in [0.25, 0.3) is 0 Å². The summed E-state index contributed by atoms with van der Waals surface area (Å²) in [6.45, 7) is 2.38. The Labute approximate surface area is 136 Å². The second-order valence-corrected chi connectivity index (χ2v) is 7.68. The fourth-order valence-corrected chi connectivity index (χ4v) is 6.23. The van der Waals surface area contributed by atoms with Gasteiger partial charge in [-0.15, -0.1) is 0 Å². The van der Waals surface area contributed by atoms with Crippen molar-refractivity contribution >= 4 is 17.3 Å². The Morgan fingerprint density at radius 3 is 2.74 bits per heavy atom. The van der Waals surface area contributed by atoms with E-state index in [0.717, 1.165) is 11.6 Å². The molecule has 3 heterocycles. The van der Waals surface area contributed by atoms with Crippen LogP contribution in [0.3, 0.4) is 0 Å².